The molecule has 10 heteroatoms. The van der Waals surface area contributed by atoms with Crippen LogP contribution in [-0.2, 0) is 23.2 Å². The van der Waals surface area contributed by atoms with Crippen molar-refractivity contribution < 1.29 is 19.1 Å². The van der Waals surface area contributed by atoms with Gasteiger partial charge in [0.2, 0.25) is 5.91 Å². The predicted octanol–water partition coefficient (Wildman–Crippen LogP) is 4.03. The van der Waals surface area contributed by atoms with E-state index < -0.39 is 0 Å². The maximum Gasteiger partial charge on any atom is 0.254 e. The number of anilines is 1. The molecule has 0 unspecified atom stereocenters. The maximum atomic E-state index is 12.7. The largest absolute Gasteiger partial charge is 0.485 e. The smallest absolute Gasteiger partial charge is 0.254 e. The van der Waals surface area contributed by atoms with Crippen LogP contribution in [0.4, 0.5) is 5.69 Å². The van der Waals surface area contributed by atoms with E-state index in [4.69, 9.17) is 9.47 Å². The van der Waals surface area contributed by atoms with Crippen LogP contribution in [0.25, 0.3) is 0 Å². The molecule has 1 saturated heterocycles. The van der Waals surface area contributed by atoms with E-state index in [1.807, 2.05) is 24.6 Å². The number of morpholine rings is 1. The Balaban J connectivity index is 1.31. The summed E-state index contributed by atoms with van der Waals surface area (Å²) in [6, 6.07) is 13.2. The van der Waals surface area contributed by atoms with Gasteiger partial charge < -0.3 is 24.3 Å². The van der Waals surface area contributed by atoms with Crippen molar-refractivity contribution >= 4 is 29.3 Å². The quantitative estimate of drug-likeness (QED) is 0.423. The minimum Gasteiger partial charge on any atom is -0.485 e. The lowest BCUT2D eigenvalue weighted by Gasteiger charge is -2.27. The van der Waals surface area contributed by atoms with Crippen molar-refractivity contribution in [3.05, 3.63) is 65.0 Å². The fraction of sp³-hybridized carbons (Fsp3) is 0.407. The summed E-state index contributed by atoms with van der Waals surface area (Å²) in [7, 11) is 1.86. The molecular weight excluding hydrogens is 490 g/mol. The molecule has 1 fully saturated rings. The molecule has 4 rings (SSSR count). The topological polar surface area (TPSA) is 98.6 Å². The van der Waals surface area contributed by atoms with Crippen LogP contribution in [0.1, 0.15) is 47.1 Å². The van der Waals surface area contributed by atoms with Gasteiger partial charge in [-0.2, -0.15) is 0 Å². The van der Waals surface area contributed by atoms with Crippen molar-refractivity contribution in [1.82, 2.24) is 19.7 Å². The average Bonchev–Trinajstić information content (AvgIpc) is 3.25. The van der Waals surface area contributed by atoms with Gasteiger partial charge in [-0.05, 0) is 48.2 Å². The van der Waals surface area contributed by atoms with Gasteiger partial charge in [0.15, 0.2) is 11.0 Å². The Labute approximate surface area is 221 Å². The van der Waals surface area contributed by atoms with Crippen LogP contribution >= 0.6 is 11.8 Å². The van der Waals surface area contributed by atoms with Crippen LogP contribution in [-0.4, -0.2) is 63.5 Å². The fourth-order valence-corrected chi connectivity index (χ4v) is 4.72. The molecule has 1 N–H and O–H groups in total. The van der Waals surface area contributed by atoms with E-state index in [0.717, 1.165) is 16.9 Å². The number of thioether (sulfide) groups is 1. The van der Waals surface area contributed by atoms with Crippen LogP contribution < -0.4 is 10.1 Å². The first-order valence-electron chi connectivity index (χ1n) is 12.3. The molecule has 2 amide bonds. The highest BCUT2D eigenvalue weighted by molar-refractivity contribution is 7.99. The second-order valence-corrected chi connectivity index (χ2v) is 10.2. The molecule has 0 spiro atoms. The summed E-state index contributed by atoms with van der Waals surface area (Å²) in [5, 5.41) is 12.0. The highest BCUT2D eigenvalue weighted by atomic mass is 32.2. The molecule has 0 radical (unpaired) electrons. The van der Waals surface area contributed by atoms with E-state index in [2.05, 4.69) is 41.5 Å². The lowest BCUT2D eigenvalue weighted by molar-refractivity contribution is -0.113. The van der Waals surface area contributed by atoms with Crippen LogP contribution in [0.2, 0.25) is 0 Å². The molecule has 1 aliphatic rings. The molecule has 37 heavy (non-hydrogen) atoms. The number of hydrogen-bond acceptors (Lipinski definition) is 7. The molecule has 3 aromatic rings. The standard InChI is InChI=1S/C27H33N5O4S/c1-18(2)22-9-8-19(3)14-23(22)36-16-24-29-30-27(31(24)4)37-17-25(33)28-21-7-5-6-20(15-21)26(34)32-10-12-35-13-11-32/h5-9,14-15,18H,10-13,16-17H2,1-4H3,(H,28,33). The van der Waals surface area contributed by atoms with Crippen molar-refractivity contribution in [3.63, 3.8) is 0 Å². The Kier molecular flexibility index (Phi) is 8.83. The zero-order valence-electron chi connectivity index (χ0n) is 21.7. The third-order valence-corrected chi connectivity index (χ3v) is 7.12. The third-order valence-electron chi connectivity index (χ3n) is 6.10. The number of benzene rings is 2. The Morgan fingerprint density at radius 1 is 1.14 bits per heavy atom. The Bertz CT molecular complexity index is 1250. The van der Waals surface area contributed by atoms with Crippen molar-refractivity contribution in [2.75, 3.05) is 37.4 Å². The minimum absolute atomic E-state index is 0.0613. The van der Waals surface area contributed by atoms with E-state index in [9.17, 15) is 9.59 Å². The highest BCUT2D eigenvalue weighted by Crippen LogP contribution is 2.28. The van der Waals surface area contributed by atoms with Crippen molar-refractivity contribution in [3.8, 4) is 5.75 Å². The van der Waals surface area contributed by atoms with Crippen LogP contribution in [0.5, 0.6) is 5.75 Å². The molecule has 0 saturated carbocycles. The number of nitrogens with one attached hydrogen (secondary N) is 1. The summed E-state index contributed by atoms with van der Waals surface area (Å²) in [4.78, 5) is 27.1. The molecule has 1 aliphatic heterocycles. The lowest BCUT2D eigenvalue weighted by Crippen LogP contribution is -2.40. The molecule has 0 bridgehead atoms. The Morgan fingerprint density at radius 3 is 2.68 bits per heavy atom. The number of hydrogen-bond donors (Lipinski definition) is 1. The number of aromatic nitrogens is 3. The van der Waals surface area contributed by atoms with Gasteiger partial charge >= 0.3 is 0 Å². The van der Waals surface area contributed by atoms with Gasteiger partial charge in [-0.25, -0.2) is 0 Å². The van der Waals surface area contributed by atoms with Gasteiger partial charge in [0.05, 0.1) is 19.0 Å². The van der Waals surface area contributed by atoms with Gasteiger partial charge in [-0.15, -0.1) is 10.2 Å². The number of amides is 2. The Hall–Kier alpha value is -3.37. The van der Waals surface area contributed by atoms with E-state index in [0.29, 0.717) is 54.5 Å². The number of ether oxygens (including phenoxy) is 2. The number of nitrogens with zero attached hydrogens (tertiary/aromatic N) is 4. The molecule has 1 aromatic heterocycles. The van der Waals surface area contributed by atoms with Gasteiger partial charge in [0.1, 0.15) is 12.4 Å². The van der Waals surface area contributed by atoms with Gasteiger partial charge in [-0.1, -0.05) is 43.8 Å². The second-order valence-electron chi connectivity index (χ2n) is 9.26. The van der Waals surface area contributed by atoms with E-state index in [1.54, 1.807) is 29.2 Å². The lowest BCUT2D eigenvalue weighted by atomic mass is 10.0. The van der Waals surface area contributed by atoms with Crippen LogP contribution in [0, 0.1) is 6.92 Å². The van der Waals surface area contributed by atoms with Gasteiger partial charge in [0, 0.05) is 31.4 Å². The highest BCUT2D eigenvalue weighted by Gasteiger charge is 2.19. The predicted molar refractivity (Wildman–Crippen MR) is 143 cm³/mol. The van der Waals surface area contributed by atoms with Crippen molar-refractivity contribution in [2.45, 2.75) is 38.5 Å². The first-order valence-corrected chi connectivity index (χ1v) is 13.3. The van der Waals surface area contributed by atoms with Crippen molar-refractivity contribution in [1.29, 1.82) is 0 Å². The normalized spacial score (nSPS) is 13.6. The summed E-state index contributed by atoms with van der Waals surface area (Å²) >= 11 is 1.29. The number of aryl methyl sites for hydroxylation is 1. The molecule has 2 aromatic carbocycles. The second kappa shape index (κ2) is 12.2. The molecule has 2 heterocycles. The molecular formula is C27H33N5O4S. The fourth-order valence-electron chi connectivity index (χ4n) is 3.99. The van der Waals surface area contributed by atoms with E-state index >= 15 is 0 Å². The first-order chi connectivity index (χ1) is 17.8. The molecule has 0 aliphatic carbocycles. The minimum atomic E-state index is -0.192. The van der Waals surface area contributed by atoms with Crippen LogP contribution in [0.15, 0.2) is 47.6 Å². The SMILES string of the molecule is Cc1ccc(C(C)C)c(OCc2nnc(SCC(=O)Nc3cccc(C(=O)N4CCOCC4)c3)n2C)c1. The first kappa shape index (κ1) is 26.7. The van der Waals surface area contributed by atoms with Gasteiger partial charge in [-0.3, -0.25) is 9.59 Å². The summed E-state index contributed by atoms with van der Waals surface area (Å²) in [5.41, 5.74) is 3.40. The Morgan fingerprint density at radius 2 is 1.92 bits per heavy atom. The third kappa shape index (κ3) is 6.90. The zero-order chi connectivity index (χ0) is 26.4. The average molecular weight is 524 g/mol. The van der Waals surface area contributed by atoms with Gasteiger partial charge in [0.25, 0.3) is 5.91 Å². The van der Waals surface area contributed by atoms with Crippen molar-refractivity contribution in [2.24, 2.45) is 7.05 Å². The molecule has 9 nitrogen and oxygen atoms in total. The van der Waals surface area contributed by atoms with E-state index in [-0.39, 0.29) is 24.2 Å². The number of carbonyl (C=O) groups excluding carboxylic acids is 2. The maximum absolute atomic E-state index is 12.7. The van der Waals surface area contributed by atoms with E-state index in [1.165, 1.54) is 11.8 Å². The molecule has 196 valence electrons. The zero-order valence-corrected chi connectivity index (χ0v) is 22.5. The number of carbonyl (C=O) groups is 2. The summed E-state index contributed by atoms with van der Waals surface area (Å²) in [6.07, 6.45) is 0. The van der Waals surface area contributed by atoms with Crippen LogP contribution in [0.3, 0.4) is 0 Å². The number of rotatable bonds is 9. The summed E-state index contributed by atoms with van der Waals surface area (Å²) in [6.45, 7) is 8.82. The monoisotopic (exact) mass is 523 g/mol. The molecule has 0 atom stereocenters. The summed E-state index contributed by atoms with van der Waals surface area (Å²) in [5.74, 6) is 1.77. The summed E-state index contributed by atoms with van der Waals surface area (Å²) < 4.78 is 13.2.